The smallest absolute Gasteiger partial charge is 0.258 e. The Hall–Kier alpha value is -2.73. The number of likely N-dealkylation sites (tertiary alicyclic amines) is 1. The summed E-state index contributed by atoms with van der Waals surface area (Å²) >= 11 is 5.95. The van der Waals surface area contributed by atoms with Crippen molar-refractivity contribution in [3.05, 3.63) is 58.1 Å². The maximum Gasteiger partial charge on any atom is 0.258 e. The highest BCUT2D eigenvalue weighted by atomic mass is 35.5. The number of nitrogens with zero attached hydrogens (tertiary/aromatic N) is 2. The van der Waals surface area contributed by atoms with E-state index in [0.29, 0.717) is 19.5 Å². The van der Waals surface area contributed by atoms with Gasteiger partial charge in [-0.25, -0.2) is 0 Å². The number of phenolic OH excluding ortho intramolecular Hbond substituents is 2. The summed E-state index contributed by atoms with van der Waals surface area (Å²) in [7, 11) is 0. The van der Waals surface area contributed by atoms with Crippen LogP contribution in [0.4, 0.5) is 0 Å². The van der Waals surface area contributed by atoms with Crippen LogP contribution in [0.25, 0.3) is 0 Å². The van der Waals surface area contributed by atoms with Crippen molar-refractivity contribution in [2.45, 2.75) is 31.8 Å². The van der Waals surface area contributed by atoms with Crippen molar-refractivity contribution < 1.29 is 19.8 Å². The van der Waals surface area contributed by atoms with Crippen LogP contribution in [-0.4, -0.2) is 51.0 Å². The fraction of sp³-hybridized carbons (Fsp3) is 0.333. The quantitative estimate of drug-likeness (QED) is 0.812. The third-order valence-electron chi connectivity index (χ3n) is 5.51. The lowest BCUT2D eigenvalue weighted by Gasteiger charge is -2.38. The molecule has 0 aliphatic carbocycles. The van der Waals surface area contributed by atoms with E-state index in [2.05, 4.69) is 0 Å². The second kappa shape index (κ2) is 7.36. The Kier molecular flexibility index (Phi) is 4.89. The summed E-state index contributed by atoms with van der Waals surface area (Å²) in [5.41, 5.74) is 2.00. The molecule has 4 rings (SSSR count). The lowest BCUT2D eigenvalue weighted by Crippen LogP contribution is -2.53. The summed E-state index contributed by atoms with van der Waals surface area (Å²) in [6.45, 7) is 1.68. The number of benzene rings is 2. The van der Waals surface area contributed by atoms with Crippen LogP contribution in [0.3, 0.4) is 0 Å². The van der Waals surface area contributed by atoms with E-state index < -0.39 is 11.9 Å². The molecule has 2 aromatic rings. The minimum Gasteiger partial charge on any atom is -0.507 e. The molecule has 2 amide bonds. The molecule has 0 unspecified atom stereocenters. The second-order valence-electron chi connectivity index (χ2n) is 7.27. The predicted octanol–water partition coefficient (Wildman–Crippen LogP) is 2.94. The molecule has 0 spiro atoms. The van der Waals surface area contributed by atoms with E-state index in [0.717, 1.165) is 30.0 Å². The second-order valence-corrected chi connectivity index (χ2v) is 7.68. The molecule has 2 aliphatic heterocycles. The van der Waals surface area contributed by atoms with E-state index in [1.165, 1.54) is 11.0 Å². The van der Waals surface area contributed by atoms with E-state index in [-0.39, 0.29) is 34.5 Å². The van der Waals surface area contributed by atoms with Crippen molar-refractivity contribution >= 4 is 23.4 Å². The third-order valence-corrected chi connectivity index (χ3v) is 5.81. The molecule has 0 bridgehead atoms. The number of hydrogen-bond donors (Lipinski definition) is 2. The van der Waals surface area contributed by atoms with E-state index in [4.69, 9.17) is 11.6 Å². The fourth-order valence-corrected chi connectivity index (χ4v) is 4.15. The van der Waals surface area contributed by atoms with Crippen LogP contribution in [0.5, 0.6) is 11.5 Å². The maximum atomic E-state index is 13.3. The first-order chi connectivity index (χ1) is 13.5. The molecule has 0 aromatic heterocycles. The molecule has 1 atom stereocenters. The number of carbonyl (C=O) groups excluding carboxylic acids is 2. The number of aromatic hydroxyl groups is 2. The van der Waals surface area contributed by atoms with Crippen LogP contribution in [0.2, 0.25) is 5.02 Å². The van der Waals surface area contributed by atoms with Gasteiger partial charge in [0.15, 0.2) is 0 Å². The van der Waals surface area contributed by atoms with Crippen molar-refractivity contribution in [1.82, 2.24) is 9.80 Å². The SMILES string of the molecule is O=C([C@@H]1Cc2ccccc2CN1C(=O)c1cc(Cl)c(O)cc1O)N1CCCC1. The number of amides is 2. The summed E-state index contributed by atoms with van der Waals surface area (Å²) in [6.07, 6.45) is 2.37. The van der Waals surface area contributed by atoms with E-state index >= 15 is 0 Å². The van der Waals surface area contributed by atoms with Gasteiger partial charge >= 0.3 is 0 Å². The van der Waals surface area contributed by atoms with Crippen molar-refractivity contribution in [3.8, 4) is 11.5 Å². The van der Waals surface area contributed by atoms with Gasteiger partial charge in [0.05, 0.1) is 10.6 Å². The summed E-state index contributed by atoms with van der Waals surface area (Å²) < 4.78 is 0. The van der Waals surface area contributed by atoms with Gasteiger partial charge in [-0.2, -0.15) is 0 Å². The lowest BCUT2D eigenvalue weighted by molar-refractivity contribution is -0.135. The van der Waals surface area contributed by atoms with Gasteiger partial charge in [-0.15, -0.1) is 0 Å². The zero-order valence-electron chi connectivity index (χ0n) is 15.3. The van der Waals surface area contributed by atoms with Gasteiger partial charge in [0.25, 0.3) is 5.91 Å². The number of phenols is 2. The highest BCUT2D eigenvalue weighted by Crippen LogP contribution is 2.34. The minimum absolute atomic E-state index is 0.0265. The summed E-state index contributed by atoms with van der Waals surface area (Å²) in [5, 5.41) is 19.8. The molecule has 0 saturated carbocycles. The van der Waals surface area contributed by atoms with Gasteiger partial charge in [0.1, 0.15) is 17.5 Å². The van der Waals surface area contributed by atoms with Crippen molar-refractivity contribution in [2.24, 2.45) is 0 Å². The molecule has 2 heterocycles. The monoisotopic (exact) mass is 400 g/mol. The average molecular weight is 401 g/mol. The number of hydrogen-bond acceptors (Lipinski definition) is 4. The first kappa shape index (κ1) is 18.6. The lowest BCUT2D eigenvalue weighted by atomic mass is 9.92. The molecule has 6 nitrogen and oxygen atoms in total. The highest BCUT2D eigenvalue weighted by Gasteiger charge is 2.38. The molecule has 7 heteroatoms. The molecule has 0 radical (unpaired) electrons. The first-order valence-corrected chi connectivity index (χ1v) is 9.71. The third kappa shape index (κ3) is 3.29. The van der Waals surface area contributed by atoms with E-state index in [1.54, 1.807) is 0 Å². The molecule has 1 fully saturated rings. The van der Waals surface area contributed by atoms with Crippen molar-refractivity contribution in [2.75, 3.05) is 13.1 Å². The molecular weight excluding hydrogens is 380 g/mol. The van der Waals surface area contributed by atoms with E-state index in [1.807, 2.05) is 29.2 Å². The minimum atomic E-state index is -0.632. The zero-order chi connectivity index (χ0) is 19.8. The van der Waals surface area contributed by atoms with Crippen LogP contribution >= 0.6 is 11.6 Å². The molecule has 146 valence electrons. The van der Waals surface area contributed by atoms with Crippen LogP contribution in [0.15, 0.2) is 36.4 Å². The van der Waals surface area contributed by atoms with Gasteiger partial charge in [-0.1, -0.05) is 35.9 Å². The first-order valence-electron chi connectivity index (χ1n) is 9.33. The van der Waals surface area contributed by atoms with E-state index in [9.17, 15) is 19.8 Å². The Bertz CT molecular complexity index is 940. The van der Waals surface area contributed by atoms with Gasteiger partial charge in [-0.05, 0) is 30.0 Å². The number of fused-ring (bicyclic) bond motifs is 1. The van der Waals surface area contributed by atoms with Crippen molar-refractivity contribution in [3.63, 3.8) is 0 Å². The Morgan fingerprint density at radius 3 is 2.39 bits per heavy atom. The topological polar surface area (TPSA) is 81.1 Å². The fourth-order valence-electron chi connectivity index (χ4n) is 3.98. The Balaban J connectivity index is 1.72. The molecule has 2 aliphatic rings. The standard InChI is InChI=1S/C21H21ClN2O4/c22-16-10-15(18(25)11-19(16)26)20(27)24-12-14-6-2-1-5-13(14)9-17(24)21(28)23-7-3-4-8-23/h1-2,5-6,10-11,17,25-26H,3-4,7-9,12H2/t17-/m0/s1. The largest absolute Gasteiger partial charge is 0.507 e. The number of carbonyl (C=O) groups is 2. The van der Waals surface area contributed by atoms with Gasteiger partial charge in [0, 0.05) is 32.1 Å². The van der Waals surface area contributed by atoms with Gasteiger partial charge < -0.3 is 20.0 Å². The van der Waals surface area contributed by atoms with Crippen LogP contribution in [-0.2, 0) is 17.8 Å². The Morgan fingerprint density at radius 2 is 1.68 bits per heavy atom. The molecular formula is C21H21ClN2O4. The van der Waals surface area contributed by atoms with Gasteiger partial charge in [0.2, 0.25) is 5.91 Å². The number of rotatable bonds is 2. The summed E-state index contributed by atoms with van der Waals surface area (Å²) in [6, 6.07) is 9.41. The van der Waals surface area contributed by atoms with Crippen LogP contribution in [0.1, 0.15) is 34.3 Å². The Morgan fingerprint density at radius 1 is 1.00 bits per heavy atom. The molecule has 2 aromatic carbocycles. The summed E-state index contributed by atoms with van der Waals surface area (Å²) in [4.78, 5) is 29.8. The zero-order valence-corrected chi connectivity index (χ0v) is 16.0. The molecule has 2 N–H and O–H groups in total. The summed E-state index contributed by atoms with van der Waals surface area (Å²) in [5.74, 6) is -1.21. The van der Waals surface area contributed by atoms with Crippen LogP contribution in [0, 0.1) is 0 Å². The number of halogens is 1. The van der Waals surface area contributed by atoms with Crippen LogP contribution < -0.4 is 0 Å². The molecule has 28 heavy (non-hydrogen) atoms. The van der Waals surface area contributed by atoms with Gasteiger partial charge in [-0.3, -0.25) is 9.59 Å². The molecule has 1 saturated heterocycles. The Labute approximate surface area is 167 Å². The predicted molar refractivity (Wildman–Crippen MR) is 104 cm³/mol. The highest BCUT2D eigenvalue weighted by molar-refractivity contribution is 6.32. The maximum absolute atomic E-state index is 13.3. The average Bonchev–Trinajstić information content (AvgIpc) is 3.23. The normalized spacial score (nSPS) is 18.8. The van der Waals surface area contributed by atoms with Crippen molar-refractivity contribution in [1.29, 1.82) is 0 Å².